The molecule has 1 aromatic heterocycles. The monoisotopic (exact) mass is 604 g/mol. The molecule has 3 N–H and O–H groups in total. The number of carbonyl (C=O) groups is 2. The van der Waals surface area contributed by atoms with Gasteiger partial charge in [0.15, 0.2) is 0 Å². The Morgan fingerprint density at radius 1 is 0.822 bits per heavy atom. The van der Waals surface area contributed by atoms with Gasteiger partial charge in [0.25, 0.3) is 5.91 Å². The van der Waals surface area contributed by atoms with E-state index in [9.17, 15) is 14.9 Å². The number of amides is 2. The molecule has 1 aliphatic rings. The smallest absolute Gasteiger partial charge is 0.253 e. The zero-order chi connectivity index (χ0) is 31.4. The van der Waals surface area contributed by atoms with E-state index in [0.717, 1.165) is 66.1 Å². The van der Waals surface area contributed by atoms with Crippen molar-refractivity contribution in [2.75, 3.05) is 44.6 Å². The Hall–Kier alpha value is -4.48. The summed E-state index contributed by atoms with van der Waals surface area (Å²) >= 11 is 0. The largest absolute Gasteiger partial charge is 0.384 e. The summed E-state index contributed by atoms with van der Waals surface area (Å²) in [6.07, 6.45) is 11.2. The topological polar surface area (TPSA) is 115 Å². The molecule has 1 saturated heterocycles. The summed E-state index contributed by atoms with van der Waals surface area (Å²) in [5, 5.41) is 15.9. The third kappa shape index (κ3) is 8.58. The maximum atomic E-state index is 13.3. The van der Waals surface area contributed by atoms with Gasteiger partial charge in [0, 0.05) is 62.0 Å². The van der Waals surface area contributed by atoms with E-state index in [4.69, 9.17) is 5.73 Å². The van der Waals surface area contributed by atoms with Crippen molar-refractivity contribution in [3.63, 3.8) is 0 Å². The summed E-state index contributed by atoms with van der Waals surface area (Å²) in [5.74, 6) is 0.236. The van der Waals surface area contributed by atoms with Crippen LogP contribution in [0.3, 0.4) is 0 Å². The number of hydrogen-bond donors (Lipinski definition) is 2. The lowest BCUT2D eigenvalue weighted by Gasteiger charge is -2.35. The van der Waals surface area contributed by atoms with Gasteiger partial charge in [-0.05, 0) is 78.5 Å². The molecule has 0 aliphatic carbocycles. The van der Waals surface area contributed by atoms with E-state index in [1.165, 1.54) is 31.2 Å². The Kier molecular flexibility index (Phi) is 11.4. The van der Waals surface area contributed by atoms with Crippen LogP contribution in [-0.4, -0.2) is 65.9 Å². The highest BCUT2D eigenvalue weighted by Crippen LogP contribution is 2.24. The molecule has 0 unspecified atom stereocenters. The molecular formula is C37H44N6O2. The van der Waals surface area contributed by atoms with Crippen LogP contribution in [0.5, 0.6) is 0 Å². The summed E-state index contributed by atoms with van der Waals surface area (Å²) in [6, 6.07) is 22.0. The van der Waals surface area contributed by atoms with E-state index in [-0.39, 0.29) is 11.8 Å². The van der Waals surface area contributed by atoms with E-state index in [2.05, 4.69) is 34.6 Å². The molecule has 0 spiro atoms. The SMILES string of the molecule is N#Cc1ccc2nccc(NCCc3ccc4cc(C(=O)N5CCN(C(=O)CCCCCCCCCN)CC5)ccc4c3)c2c1. The van der Waals surface area contributed by atoms with Crippen molar-refractivity contribution in [1.29, 1.82) is 5.26 Å². The molecule has 0 atom stereocenters. The number of benzene rings is 3. The number of pyridine rings is 1. The highest BCUT2D eigenvalue weighted by Gasteiger charge is 2.24. The number of carbonyl (C=O) groups excluding carboxylic acids is 2. The first-order chi connectivity index (χ1) is 22.1. The molecule has 1 aliphatic heterocycles. The molecule has 8 nitrogen and oxygen atoms in total. The highest BCUT2D eigenvalue weighted by atomic mass is 16.2. The maximum Gasteiger partial charge on any atom is 0.253 e. The maximum absolute atomic E-state index is 13.3. The van der Waals surface area contributed by atoms with Gasteiger partial charge in [0.05, 0.1) is 17.1 Å². The van der Waals surface area contributed by atoms with Crippen molar-refractivity contribution >= 4 is 39.2 Å². The number of nitriles is 1. The molecule has 2 amide bonds. The lowest BCUT2D eigenvalue weighted by atomic mass is 10.0. The number of anilines is 1. The van der Waals surface area contributed by atoms with E-state index >= 15 is 0 Å². The Balaban J connectivity index is 1.08. The van der Waals surface area contributed by atoms with Crippen molar-refractivity contribution in [3.8, 4) is 6.07 Å². The number of nitrogens with two attached hydrogens (primary N) is 1. The summed E-state index contributed by atoms with van der Waals surface area (Å²) in [6.45, 7) is 3.85. The van der Waals surface area contributed by atoms with Crippen molar-refractivity contribution in [2.45, 2.75) is 57.8 Å². The summed E-state index contributed by atoms with van der Waals surface area (Å²) in [7, 11) is 0. The third-order valence-electron chi connectivity index (χ3n) is 8.77. The van der Waals surface area contributed by atoms with Crippen LogP contribution in [0.25, 0.3) is 21.7 Å². The Bertz CT molecular complexity index is 1650. The molecule has 45 heavy (non-hydrogen) atoms. The van der Waals surface area contributed by atoms with E-state index in [1.54, 1.807) is 12.3 Å². The quantitative estimate of drug-likeness (QED) is 0.164. The van der Waals surface area contributed by atoms with Crippen molar-refractivity contribution in [3.05, 3.63) is 83.6 Å². The van der Waals surface area contributed by atoms with Gasteiger partial charge in [0.1, 0.15) is 0 Å². The van der Waals surface area contributed by atoms with Crippen LogP contribution in [0.15, 0.2) is 66.9 Å². The molecule has 2 heterocycles. The first kappa shape index (κ1) is 31.9. The molecule has 1 fully saturated rings. The molecule has 0 saturated carbocycles. The molecule has 0 bridgehead atoms. The van der Waals surface area contributed by atoms with Crippen LogP contribution in [-0.2, 0) is 11.2 Å². The zero-order valence-corrected chi connectivity index (χ0v) is 26.1. The number of nitrogens with zero attached hydrogens (tertiary/aromatic N) is 4. The normalized spacial score (nSPS) is 13.2. The number of nitrogens with one attached hydrogen (secondary N) is 1. The number of rotatable bonds is 14. The predicted molar refractivity (Wildman–Crippen MR) is 181 cm³/mol. The number of unbranched alkanes of at least 4 members (excludes halogenated alkanes) is 6. The second kappa shape index (κ2) is 16.0. The fraction of sp³-hybridized carbons (Fsp3) is 0.405. The van der Waals surface area contributed by atoms with Crippen molar-refractivity contribution in [2.24, 2.45) is 5.73 Å². The molecule has 234 valence electrons. The van der Waals surface area contributed by atoms with Crippen LogP contribution < -0.4 is 11.1 Å². The summed E-state index contributed by atoms with van der Waals surface area (Å²) in [4.78, 5) is 34.2. The molecule has 4 aromatic rings. The number of hydrogen-bond acceptors (Lipinski definition) is 6. The van der Waals surface area contributed by atoms with Gasteiger partial charge in [-0.1, -0.05) is 56.4 Å². The first-order valence-electron chi connectivity index (χ1n) is 16.4. The molecule has 3 aromatic carbocycles. The van der Waals surface area contributed by atoms with Gasteiger partial charge in [-0.25, -0.2) is 0 Å². The second-order valence-electron chi connectivity index (χ2n) is 12.0. The van der Waals surface area contributed by atoms with Crippen LogP contribution >= 0.6 is 0 Å². The second-order valence-corrected chi connectivity index (χ2v) is 12.0. The van der Waals surface area contributed by atoms with Gasteiger partial charge >= 0.3 is 0 Å². The van der Waals surface area contributed by atoms with Crippen LogP contribution in [0.4, 0.5) is 5.69 Å². The van der Waals surface area contributed by atoms with Crippen molar-refractivity contribution in [1.82, 2.24) is 14.8 Å². The standard InChI is InChI=1S/C37H44N6O2/c38-17-7-5-3-1-2-4-6-8-36(44)42-20-22-43(23-21-42)37(45)32-13-12-30-24-28(9-11-31(30)26-32)15-18-40-35-16-19-41-34-14-10-29(27-39)25-33(34)35/h9-14,16,19,24-26H,1-8,15,17-18,20-23,38H2,(H,40,41). The molecule has 8 heteroatoms. The number of fused-ring (bicyclic) bond motifs is 2. The lowest BCUT2D eigenvalue weighted by molar-refractivity contribution is -0.132. The minimum atomic E-state index is 0.0241. The van der Waals surface area contributed by atoms with Gasteiger partial charge in [-0.3, -0.25) is 14.6 Å². The first-order valence-corrected chi connectivity index (χ1v) is 16.4. The molecular weight excluding hydrogens is 560 g/mol. The van der Waals surface area contributed by atoms with Crippen LogP contribution in [0.1, 0.15) is 72.9 Å². The number of aromatic nitrogens is 1. The average Bonchev–Trinajstić information content (AvgIpc) is 3.08. The van der Waals surface area contributed by atoms with Crippen LogP contribution in [0.2, 0.25) is 0 Å². The lowest BCUT2D eigenvalue weighted by Crippen LogP contribution is -2.50. The number of piperazine rings is 1. The zero-order valence-electron chi connectivity index (χ0n) is 26.1. The van der Waals surface area contributed by atoms with Gasteiger partial charge < -0.3 is 20.9 Å². The van der Waals surface area contributed by atoms with Gasteiger partial charge in [0.2, 0.25) is 5.91 Å². The van der Waals surface area contributed by atoms with E-state index < -0.39 is 0 Å². The van der Waals surface area contributed by atoms with E-state index in [1.807, 2.05) is 46.2 Å². The minimum Gasteiger partial charge on any atom is -0.384 e. The van der Waals surface area contributed by atoms with Crippen molar-refractivity contribution < 1.29 is 9.59 Å². The molecule has 5 rings (SSSR count). The van der Waals surface area contributed by atoms with Gasteiger partial charge in [-0.2, -0.15) is 5.26 Å². The Morgan fingerprint density at radius 2 is 1.53 bits per heavy atom. The summed E-state index contributed by atoms with van der Waals surface area (Å²) in [5.41, 5.74) is 9.87. The average molecular weight is 605 g/mol. The predicted octanol–water partition coefficient (Wildman–Crippen LogP) is 6.28. The third-order valence-corrected chi connectivity index (χ3v) is 8.77. The Morgan fingerprint density at radius 3 is 2.31 bits per heavy atom. The van der Waals surface area contributed by atoms with Gasteiger partial charge in [-0.15, -0.1) is 0 Å². The minimum absolute atomic E-state index is 0.0241. The molecule has 0 radical (unpaired) electrons. The summed E-state index contributed by atoms with van der Waals surface area (Å²) < 4.78 is 0. The highest BCUT2D eigenvalue weighted by molar-refractivity contribution is 5.99. The fourth-order valence-corrected chi connectivity index (χ4v) is 6.10. The van der Waals surface area contributed by atoms with Crippen LogP contribution in [0, 0.1) is 11.3 Å². The Labute approximate surface area is 266 Å². The fourth-order valence-electron chi connectivity index (χ4n) is 6.10. The van der Waals surface area contributed by atoms with E-state index in [0.29, 0.717) is 43.7 Å².